The molecule has 0 unspecified atom stereocenters. The summed E-state index contributed by atoms with van der Waals surface area (Å²) in [5.74, 6) is 0. The van der Waals surface area contributed by atoms with Crippen molar-refractivity contribution in [2.45, 2.75) is 13.8 Å². The largest absolute Gasteiger partial charge is 0.344 e. The summed E-state index contributed by atoms with van der Waals surface area (Å²) in [6.45, 7) is 12.5. The maximum absolute atomic E-state index is 4.11. The molecule has 0 bridgehead atoms. The van der Waals surface area contributed by atoms with Crippen LogP contribution in [0, 0.1) is 6.92 Å². The first-order chi connectivity index (χ1) is 13.1. The third kappa shape index (κ3) is 1.75. The minimum Gasteiger partial charge on any atom is -0.344 e. The van der Waals surface area contributed by atoms with Gasteiger partial charge in [0.1, 0.15) is 0 Å². The maximum Gasteiger partial charge on any atom is 0.0638 e. The van der Waals surface area contributed by atoms with E-state index in [1.54, 1.807) is 0 Å². The summed E-state index contributed by atoms with van der Waals surface area (Å²) in [7, 11) is 2.16. The Labute approximate surface area is 158 Å². The van der Waals surface area contributed by atoms with Gasteiger partial charge in [-0.25, -0.2) is 0 Å². The normalized spacial score (nSPS) is 12.4. The van der Waals surface area contributed by atoms with Crippen LogP contribution in [-0.2, 0) is 7.05 Å². The molecule has 132 valence electrons. The lowest BCUT2D eigenvalue weighted by Gasteiger charge is -2.07. The molecule has 3 heterocycles. The average Bonchev–Trinajstić information content (AvgIpc) is 3.14. The highest BCUT2D eigenvalue weighted by atomic mass is 15.0. The SMILES string of the molecule is C=Cc1c(C=C)n2c(C)c(/C=C\C)c3cccc4c3c3c(ccc1c32)n4C. The molecule has 0 saturated heterocycles. The molecule has 27 heavy (non-hydrogen) atoms. The van der Waals surface area contributed by atoms with Crippen LogP contribution >= 0.6 is 0 Å². The van der Waals surface area contributed by atoms with Crippen LogP contribution in [0.2, 0.25) is 0 Å². The van der Waals surface area contributed by atoms with Gasteiger partial charge in [-0.2, -0.15) is 0 Å². The first-order valence-electron chi connectivity index (χ1n) is 9.31. The molecule has 5 aromatic rings. The Morgan fingerprint density at radius 3 is 2.37 bits per heavy atom. The van der Waals surface area contributed by atoms with E-state index >= 15 is 0 Å². The minimum absolute atomic E-state index is 1.11. The number of hydrogen-bond acceptors (Lipinski definition) is 0. The Hall–Kier alpha value is -3.26. The van der Waals surface area contributed by atoms with Crippen molar-refractivity contribution in [2.75, 3.05) is 0 Å². The smallest absolute Gasteiger partial charge is 0.0638 e. The van der Waals surface area contributed by atoms with E-state index in [1.165, 1.54) is 49.4 Å². The second-order valence-electron chi connectivity index (χ2n) is 7.16. The molecule has 3 aromatic heterocycles. The second kappa shape index (κ2) is 5.37. The van der Waals surface area contributed by atoms with Crippen LogP contribution in [0.15, 0.2) is 49.6 Å². The van der Waals surface area contributed by atoms with Crippen molar-refractivity contribution in [3.63, 3.8) is 0 Å². The highest BCUT2D eigenvalue weighted by Gasteiger charge is 2.22. The molecular formula is C25H22N2. The van der Waals surface area contributed by atoms with Gasteiger partial charge in [-0.15, -0.1) is 0 Å². The highest BCUT2D eigenvalue weighted by molar-refractivity contribution is 6.27. The summed E-state index contributed by atoms with van der Waals surface area (Å²) < 4.78 is 4.68. The zero-order valence-corrected chi connectivity index (χ0v) is 16.0. The predicted octanol–water partition coefficient (Wildman–Crippen LogP) is 6.80. The van der Waals surface area contributed by atoms with Crippen molar-refractivity contribution in [1.29, 1.82) is 0 Å². The number of rotatable bonds is 3. The third-order valence-corrected chi connectivity index (χ3v) is 5.95. The molecule has 0 N–H and O–H groups in total. The Bertz CT molecular complexity index is 1420. The predicted molar refractivity (Wildman–Crippen MR) is 120 cm³/mol. The molecule has 0 amide bonds. The van der Waals surface area contributed by atoms with Crippen molar-refractivity contribution >= 4 is 56.3 Å². The van der Waals surface area contributed by atoms with Gasteiger partial charge in [-0.05, 0) is 37.4 Å². The monoisotopic (exact) mass is 350 g/mol. The Kier molecular flexibility index (Phi) is 3.17. The summed E-state index contributed by atoms with van der Waals surface area (Å²) in [6.07, 6.45) is 8.26. The van der Waals surface area contributed by atoms with Gasteiger partial charge in [0.15, 0.2) is 0 Å². The first-order valence-corrected chi connectivity index (χ1v) is 9.31. The fraction of sp³-hybridized carbons (Fsp3) is 0.120. The van der Waals surface area contributed by atoms with Gasteiger partial charge in [0, 0.05) is 45.5 Å². The van der Waals surface area contributed by atoms with Gasteiger partial charge in [0.05, 0.1) is 16.7 Å². The summed E-state index contributed by atoms with van der Waals surface area (Å²) >= 11 is 0. The number of aryl methyl sites for hydroxylation is 2. The van der Waals surface area contributed by atoms with E-state index in [9.17, 15) is 0 Å². The molecule has 0 aliphatic carbocycles. The fourth-order valence-electron chi connectivity index (χ4n) is 4.83. The van der Waals surface area contributed by atoms with Crippen molar-refractivity contribution in [1.82, 2.24) is 8.97 Å². The van der Waals surface area contributed by atoms with Crippen LogP contribution in [0.5, 0.6) is 0 Å². The van der Waals surface area contributed by atoms with Crippen molar-refractivity contribution in [3.8, 4) is 0 Å². The Morgan fingerprint density at radius 2 is 1.67 bits per heavy atom. The lowest BCUT2D eigenvalue weighted by Crippen LogP contribution is -1.94. The second-order valence-corrected chi connectivity index (χ2v) is 7.16. The summed E-state index contributed by atoms with van der Waals surface area (Å²) in [6, 6.07) is 11.1. The van der Waals surface area contributed by atoms with Crippen LogP contribution in [0.3, 0.4) is 0 Å². The Morgan fingerprint density at radius 1 is 0.889 bits per heavy atom. The van der Waals surface area contributed by atoms with E-state index in [2.05, 4.69) is 85.5 Å². The van der Waals surface area contributed by atoms with Crippen molar-refractivity contribution < 1.29 is 0 Å². The van der Waals surface area contributed by atoms with Gasteiger partial charge in [0.2, 0.25) is 0 Å². The average molecular weight is 350 g/mol. The van der Waals surface area contributed by atoms with Crippen molar-refractivity contribution in [3.05, 3.63) is 72.1 Å². The molecule has 0 saturated carbocycles. The van der Waals surface area contributed by atoms with Crippen LogP contribution in [0.1, 0.15) is 29.4 Å². The summed E-state index contributed by atoms with van der Waals surface area (Å²) in [5, 5.41) is 5.17. The van der Waals surface area contributed by atoms with Crippen molar-refractivity contribution in [2.24, 2.45) is 7.05 Å². The van der Waals surface area contributed by atoms with Crippen LogP contribution in [0.25, 0.3) is 56.3 Å². The van der Waals surface area contributed by atoms with Gasteiger partial charge in [-0.1, -0.05) is 49.6 Å². The molecule has 0 fully saturated rings. The van der Waals surface area contributed by atoms with Gasteiger partial charge in [-0.3, -0.25) is 0 Å². The van der Waals surface area contributed by atoms with Gasteiger partial charge in [0.25, 0.3) is 0 Å². The number of hydrogen-bond donors (Lipinski definition) is 0. The zero-order valence-electron chi connectivity index (χ0n) is 16.0. The molecule has 0 spiro atoms. The zero-order chi connectivity index (χ0) is 18.9. The molecule has 0 aliphatic heterocycles. The third-order valence-electron chi connectivity index (χ3n) is 5.95. The van der Waals surface area contributed by atoms with E-state index in [0.717, 1.165) is 11.3 Å². The van der Waals surface area contributed by atoms with E-state index in [1.807, 2.05) is 12.2 Å². The maximum atomic E-state index is 4.11. The molecule has 2 heteroatoms. The minimum atomic E-state index is 1.11. The van der Waals surface area contributed by atoms with E-state index < -0.39 is 0 Å². The fourth-order valence-corrected chi connectivity index (χ4v) is 4.83. The van der Waals surface area contributed by atoms with Crippen LogP contribution < -0.4 is 0 Å². The number of benzene rings is 2. The molecule has 2 aromatic carbocycles. The van der Waals surface area contributed by atoms with E-state index in [4.69, 9.17) is 0 Å². The van der Waals surface area contributed by atoms with E-state index in [-0.39, 0.29) is 0 Å². The number of allylic oxidation sites excluding steroid dienone is 1. The van der Waals surface area contributed by atoms with Gasteiger partial charge < -0.3 is 8.97 Å². The van der Waals surface area contributed by atoms with Crippen LogP contribution in [-0.4, -0.2) is 8.97 Å². The molecule has 5 rings (SSSR count). The van der Waals surface area contributed by atoms with E-state index in [0.29, 0.717) is 0 Å². The van der Waals surface area contributed by atoms with Crippen LogP contribution in [0.4, 0.5) is 0 Å². The lowest BCUT2D eigenvalue weighted by molar-refractivity contribution is 1.01. The standard InChI is InChI=1S/C25H22N2/c1-6-10-17-15(4)27-20(8-3)16(7-2)19-13-14-22-24(25(19)27)23-18(17)11-9-12-21(23)26(22)5/h6-14H,2-3H2,1,4-5H3/b10-6-. The number of nitrogens with zero attached hydrogens (tertiary/aromatic N) is 2. The molecular weight excluding hydrogens is 328 g/mol. The summed E-state index contributed by atoms with van der Waals surface area (Å²) in [5.41, 5.74) is 8.51. The highest BCUT2D eigenvalue weighted by Crippen LogP contribution is 2.42. The number of aromatic nitrogens is 2. The molecule has 0 aliphatic rings. The molecule has 0 radical (unpaired) electrons. The molecule has 0 atom stereocenters. The Balaban J connectivity index is 2.33. The topological polar surface area (TPSA) is 9.34 Å². The van der Waals surface area contributed by atoms with Gasteiger partial charge >= 0.3 is 0 Å². The quantitative estimate of drug-likeness (QED) is 0.338. The summed E-state index contributed by atoms with van der Waals surface area (Å²) in [4.78, 5) is 0. The first kappa shape index (κ1) is 16.0. The molecule has 2 nitrogen and oxygen atoms in total. The lowest BCUT2D eigenvalue weighted by atomic mass is 10.0.